The Balaban J connectivity index is 1.17. The minimum absolute atomic E-state index is 0.273. The molecule has 0 N–H and O–H groups in total. The summed E-state index contributed by atoms with van der Waals surface area (Å²) in [5.41, 5.74) is 6.21. The third-order valence-electron chi connectivity index (χ3n) is 10.1. The number of fused-ring (bicyclic) bond motifs is 1. The number of thiophene rings is 1. The molecule has 0 spiro atoms. The molecule has 0 amide bonds. The highest BCUT2D eigenvalue weighted by molar-refractivity contribution is 7.19. The lowest BCUT2D eigenvalue weighted by Crippen LogP contribution is -2.47. The van der Waals surface area contributed by atoms with Gasteiger partial charge in [-0.2, -0.15) is 0 Å². The number of hydrogen-bond acceptors (Lipinski definition) is 6. The van der Waals surface area contributed by atoms with Gasteiger partial charge in [-0.05, 0) is 57.5 Å². The van der Waals surface area contributed by atoms with Crippen molar-refractivity contribution in [3.05, 3.63) is 207 Å². The summed E-state index contributed by atoms with van der Waals surface area (Å²) in [5.74, 6) is 0.657. The molecular formula is C49H45ClO5S. The minimum Gasteiger partial charge on any atom is -0.488 e. The molecule has 284 valence electrons. The van der Waals surface area contributed by atoms with Crippen LogP contribution in [0.5, 0.6) is 5.75 Å². The van der Waals surface area contributed by atoms with Gasteiger partial charge in [0.25, 0.3) is 0 Å². The summed E-state index contributed by atoms with van der Waals surface area (Å²) in [6.07, 6.45) is -0.342. The fraction of sp³-hybridized carbons (Fsp3) is 0.224. The van der Waals surface area contributed by atoms with Gasteiger partial charge < -0.3 is 23.7 Å². The molecule has 4 unspecified atom stereocenters. The van der Waals surface area contributed by atoms with Gasteiger partial charge in [0.15, 0.2) is 0 Å². The molecule has 1 aromatic heterocycles. The van der Waals surface area contributed by atoms with Gasteiger partial charge in [-0.25, -0.2) is 0 Å². The topological polar surface area (TPSA) is 46.2 Å². The average Bonchev–Trinajstić information content (AvgIpc) is 3.66. The molecule has 7 aromatic rings. The van der Waals surface area contributed by atoms with E-state index in [-0.39, 0.29) is 12.2 Å². The van der Waals surface area contributed by atoms with E-state index < -0.39 is 12.2 Å². The van der Waals surface area contributed by atoms with Crippen molar-refractivity contribution in [1.82, 2.24) is 0 Å². The second-order valence-electron chi connectivity index (χ2n) is 14.2. The van der Waals surface area contributed by atoms with Gasteiger partial charge in [0.05, 0.1) is 38.6 Å². The van der Waals surface area contributed by atoms with E-state index in [4.69, 9.17) is 35.3 Å². The highest BCUT2D eigenvalue weighted by atomic mass is 35.5. The van der Waals surface area contributed by atoms with Crippen molar-refractivity contribution in [2.75, 3.05) is 6.61 Å². The molecule has 0 aliphatic carbocycles. The molecule has 2 heterocycles. The predicted octanol–water partition coefficient (Wildman–Crippen LogP) is 11.9. The van der Waals surface area contributed by atoms with Crippen LogP contribution >= 0.6 is 22.9 Å². The van der Waals surface area contributed by atoms with E-state index in [9.17, 15) is 0 Å². The quantitative estimate of drug-likeness (QED) is 0.0977. The fourth-order valence-electron chi connectivity index (χ4n) is 7.22. The van der Waals surface area contributed by atoms with Gasteiger partial charge in [-0.15, -0.1) is 11.3 Å². The lowest BCUT2D eigenvalue weighted by Gasteiger charge is -2.42. The van der Waals surface area contributed by atoms with Crippen LogP contribution in [0.15, 0.2) is 164 Å². The molecule has 0 saturated carbocycles. The third kappa shape index (κ3) is 9.95. The van der Waals surface area contributed by atoms with Crippen LogP contribution in [0.2, 0.25) is 5.02 Å². The Morgan fingerprint density at radius 1 is 0.607 bits per heavy atom. The van der Waals surface area contributed by atoms with Crippen molar-refractivity contribution in [2.24, 2.45) is 0 Å². The normalized spacial score (nSPS) is 18.2. The van der Waals surface area contributed by atoms with E-state index in [0.29, 0.717) is 56.6 Å². The van der Waals surface area contributed by atoms with Crippen molar-refractivity contribution in [2.45, 2.75) is 63.7 Å². The van der Waals surface area contributed by atoms with Crippen LogP contribution in [-0.2, 0) is 51.8 Å². The van der Waals surface area contributed by atoms with E-state index in [0.717, 1.165) is 33.4 Å². The van der Waals surface area contributed by atoms with Crippen molar-refractivity contribution in [1.29, 1.82) is 0 Å². The molecule has 0 radical (unpaired) electrons. The lowest BCUT2D eigenvalue weighted by molar-refractivity contribution is -0.219. The van der Waals surface area contributed by atoms with Gasteiger partial charge in [0.2, 0.25) is 0 Å². The van der Waals surface area contributed by atoms with Crippen molar-refractivity contribution >= 4 is 33.0 Å². The molecule has 56 heavy (non-hydrogen) atoms. The molecule has 6 aromatic carbocycles. The zero-order valence-electron chi connectivity index (χ0n) is 31.2. The maximum atomic E-state index is 7.16. The molecule has 7 heteroatoms. The average molecular weight is 781 g/mol. The van der Waals surface area contributed by atoms with E-state index in [1.54, 1.807) is 11.3 Å². The standard InChI is InChI=1S/C49H45ClO5S/c50-44-29-45(52-31-36-17-7-2-8-18-36)43(27-40(44)26-42-25-39-23-13-14-24-47(39)56-42)48-49(54-33-38-21-11-4-12-22-38)46(53-32-37-19-9-3-10-20-37)28-41(55-48)34-51-30-35-15-5-1-6-16-35/h1-25,27,29,41,46,48-49H,26,28,30-34H2. The largest absolute Gasteiger partial charge is 0.488 e. The van der Waals surface area contributed by atoms with Gasteiger partial charge in [0.1, 0.15) is 24.6 Å². The maximum Gasteiger partial charge on any atom is 0.127 e. The summed E-state index contributed by atoms with van der Waals surface area (Å²) in [6, 6.07) is 55.8. The third-order valence-corrected chi connectivity index (χ3v) is 11.5. The SMILES string of the molecule is Clc1cc(OCc2ccccc2)c(C2OC(COCc3ccccc3)CC(OCc3ccccc3)C2OCc2ccccc2)cc1Cc1cc2ccccc2s1. The molecular weight excluding hydrogens is 736 g/mol. The number of halogens is 1. The zero-order chi connectivity index (χ0) is 37.9. The molecule has 1 aliphatic rings. The second kappa shape index (κ2) is 18.9. The monoisotopic (exact) mass is 780 g/mol. The summed E-state index contributed by atoms with van der Waals surface area (Å²) in [6.45, 7) is 2.09. The second-order valence-corrected chi connectivity index (χ2v) is 15.8. The Hall–Kier alpha value is -4.79. The summed E-state index contributed by atoms with van der Waals surface area (Å²) in [5, 5.41) is 1.87. The van der Waals surface area contributed by atoms with Crippen LogP contribution in [0.4, 0.5) is 0 Å². The summed E-state index contributed by atoms with van der Waals surface area (Å²) >= 11 is 8.95. The van der Waals surface area contributed by atoms with Crippen LogP contribution in [-0.4, -0.2) is 24.9 Å². The van der Waals surface area contributed by atoms with Gasteiger partial charge in [-0.3, -0.25) is 0 Å². The molecule has 1 aliphatic heterocycles. The first-order valence-corrected chi connectivity index (χ1v) is 20.4. The minimum atomic E-state index is -0.553. The molecule has 5 nitrogen and oxygen atoms in total. The van der Waals surface area contributed by atoms with Crippen LogP contribution < -0.4 is 4.74 Å². The van der Waals surface area contributed by atoms with Gasteiger partial charge in [-0.1, -0.05) is 151 Å². The van der Waals surface area contributed by atoms with Crippen LogP contribution in [0.1, 0.15) is 50.8 Å². The first-order chi connectivity index (χ1) is 27.6. The van der Waals surface area contributed by atoms with Crippen LogP contribution in [0.25, 0.3) is 10.1 Å². The molecule has 1 fully saturated rings. The summed E-state index contributed by atoms with van der Waals surface area (Å²) in [7, 11) is 0. The van der Waals surface area contributed by atoms with Crippen molar-refractivity contribution in [3.8, 4) is 5.75 Å². The highest BCUT2D eigenvalue weighted by Crippen LogP contribution is 2.43. The Bertz CT molecular complexity index is 2230. The van der Waals surface area contributed by atoms with Crippen LogP contribution in [0.3, 0.4) is 0 Å². The Morgan fingerprint density at radius 3 is 1.82 bits per heavy atom. The number of benzene rings is 6. The van der Waals surface area contributed by atoms with Crippen LogP contribution in [0, 0.1) is 0 Å². The van der Waals surface area contributed by atoms with E-state index in [1.807, 2.05) is 78.9 Å². The highest BCUT2D eigenvalue weighted by Gasteiger charge is 2.43. The van der Waals surface area contributed by atoms with E-state index >= 15 is 0 Å². The molecule has 0 bridgehead atoms. The zero-order valence-corrected chi connectivity index (χ0v) is 32.7. The van der Waals surface area contributed by atoms with Crippen molar-refractivity contribution < 1.29 is 23.7 Å². The summed E-state index contributed by atoms with van der Waals surface area (Å²) in [4.78, 5) is 1.23. The first kappa shape index (κ1) is 38.1. The summed E-state index contributed by atoms with van der Waals surface area (Å²) < 4.78 is 35.2. The fourth-order valence-corrected chi connectivity index (χ4v) is 8.53. The number of rotatable bonds is 16. The Morgan fingerprint density at radius 2 is 1.18 bits per heavy atom. The Kier molecular flexibility index (Phi) is 12.9. The number of hydrogen-bond donors (Lipinski definition) is 0. The first-order valence-electron chi connectivity index (χ1n) is 19.2. The smallest absolute Gasteiger partial charge is 0.127 e. The Labute approximate surface area is 338 Å². The molecule has 1 saturated heterocycles. The predicted molar refractivity (Wildman–Crippen MR) is 225 cm³/mol. The maximum absolute atomic E-state index is 7.16. The lowest BCUT2D eigenvalue weighted by atomic mass is 9.90. The molecule has 4 atom stereocenters. The molecule has 8 rings (SSSR count). The van der Waals surface area contributed by atoms with Gasteiger partial charge >= 0.3 is 0 Å². The van der Waals surface area contributed by atoms with E-state index in [1.165, 1.54) is 15.0 Å². The number of ether oxygens (including phenoxy) is 5. The van der Waals surface area contributed by atoms with Crippen molar-refractivity contribution in [3.63, 3.8) is 0 Å². The van der Waals surface area contributed by atoms with Gasteiger partial charge in [0, 0.05) is 33.0 Å². The van der Waals surface area contributed by atoms with E-state index in [2.05, 4.69) is 84.9 Å².